The largest absolute Gasteiger partial charge is 0.342 e. The molecule has 1 aromatic rings. The maximum atomic E-state index is 12.2. The van der Waals surface area contributed by atoms with Gasteiger partial charge in [0.15, 0.2) is 0 Å². The molecule has 1 fully saturated rings. The van der Waals surface area contributed by atoms with Gasteiger partial charge in [0.25, 0.3) is 0 Å². The summed E-state index contributed by atoms with van der Waals surface area (Å²) >= 11 is 0. The highest BCUT2D eigenvalue weighted by Gasteiger charge is 2.21. The van der Waals surface area contributed by atoms with E-state index in [4.69, 9.17) is 0 Å². The number of carbonyl (C=O) groups excluding carboxylic acids is 1. The highest BCUT2D eigenvalue weighted by atomic mass is 16.2. The van der Waals surface area contributed by atoms with Gasteiger partial charge in [0.2, 0.25) is 5.91 Å². The van der Waals surface area contributed by atoms with Crippen molar-refractivity contribution in [2.45, 2.75) is 33.1 Å². The molecule has 0 aromatic heterocycles. The quantitative estimate of drug-likeness (QED) is 0.766. The van der Waals surface area contributed by atoms with Gasteiger partial charge in [-0.15, -0.1) is 0 Å². The van der Waals surface area contributed by atoms with Crippen molar-refractivity contribution in [2.24, 2.45) is 5.92 Å². The van der Waals surface area contributed by atoms with Crippen LogP contribution in [0.2, 0.25) is 0 Å². The lowest BCUT2D eigenvalue weighted by molar-refractivity contribution is -0.132. The number of carbonyl (C=O) groups is 1. The number of hydrogen-bond donors (Lipinski definition) is 0. The monoisotopic (exact) mass is 231 g/mol. The van der Waals surface area contributed by atoms with Gasteiger partial charge in [-0.3, -0.25) is 4.79 Å². The zero-order chi connectivity index (χ0) is 12.3. The number of nitrogens with zero attached hydrogens (tertiary/aromatic N) is 1. The lowest BCUT2D eigenvalue weighted by Crippen LogP contribution is -2.40. The maximum absolute atomic E-state index is 12.2. The van der Waals surface area contributed by atoms with Crippen LogP contribution in [0, 0.1) is 12.8 Å². The van der Waals surface area contributed by atoms with Gasteiger partial charge in [-0.1, -0.05) is 31.2 Å². The third-order valence-corrected chi connectivity index (χ3v) is 3.61. The Morgan fingerprint density at radius 1 is 1.41 bits per heavy atom. The summed E-state index contributed by atoms with van der Waals surface area (Å²) in [4.78, 5) is 14.2. The zero-order valence-corrected chi connectivity index (χ0v) is 10.8. The van der Waals surface area contributed by atoms with E-state index in [9.17, 15) is 4.79 Å². The molecule has 1 heterocycles. The molecule has 0 bridgehead atoms. The molecule has 1 aliphatic rings. The molecule has 2 heteroatoms. The SMILES string of the molecule is Cc1ccccc1CC(=O)N1CCCC(C)C1. The molecule has 92 valence electrons. The van der Waals surface area contributed by atoms with Crippen LogP contribution in [-0.4, -0.2) is 23.9 Å². The highest BCUT2D eigenvalue weighted by molar-refractivity contribution is 5.79. The summed E-state index contributed by atoms with van der Waals surface area (Å²) < 4.78 is 0. The Labute approximate surface area is 104 Å². The van der Waals surface area contributed by atoms with E-state index in [1.807, 2.05) is 17.0 Å². The van der Waals surface area contributed by atoms with Crippen LogP contribution >= 0.6 is 0 Å². The number of likely N-dealkylation sites (tertiary alicyclic amines) is 1. The molecule has 0 spiro atoms. The molecule has 1 unspecified atom stereocenters. The first-order valence-corrected chi connectivity index (χ1v) is 6.49. The van der Waals surface area contributed by atoms with Crippen LogP contribution in [0.4, 0.5) is 0 Å². The predicted octanol–water partition coefficient (Wildman–Crippen LogP) is 2.80. The maximum Gasteiger partial charge on any atom is 0.227 e. The van der Waals surface area contributed by atoms with Crippen molar-refractivity contribution in [3.05, 3.63) is 35.4 Å². The van der Waals surface area contributed by atoms with Crippen LogP contribution in [-0.2, 0) is 11.2 Å². The first-order valence-electron chi connectivity index (χ1n) is 6.49. The molecule has 1 saturated heterocycles. The second kappa shape index (κ2) is 5.35. The summed E-state index contributed by atoms with van der Waals surface area (Å²) in [5.41, 5.74) is 2.38. The topological polar surface area (TPSA) is 20.3 Å². The van der Waals surface area contributed by atoms with E-state index in [1.54, 1.807) is 0 Å². The standard InChI is InChI=1S/C15H21NO/c1-12-6-5-9-16(11-12)15(17)10-14-8-4-3-7-13(14)2/h3-4,7-8,12H,5-6,9-11H2,1-2H3. The molecule has 17 heavy (non-hydrogen) atoms. The molecule has 1 amide bonds. The van der Waals surface area contributed by atoms with Crippen LogP contribution in [0.5, 0.6) is 0 Å². The molecule has 2 nitrogen and oxygen atoms in total. The van der Waals surface area contributed by atoms with E-state index in [1.165, 1.54) is 12.0 Å². The molecule has 1 atom stereocenters. The summed E-state index contributed by atoms with van der Waals surface area (Å²) in [6, 6.07) is 8.16. The number of aryl methyl sites for hydroxylation is 1. The summed E-state index contributed by atoms with van der Waals surface area (Å²) in [6.07, 6.45) is 2.97. The van der Waals surface area contributed by atoms with Gasteiger partial charge in [0.05, 0.1) is 6.42 Å². The predicted molar refractivity (Wildman–Crippen MR) is 69.9 cm³/mol. The molecule has 0 radical (unpaired) electrons. The molecule has 1 aliphatic heterocycles. The average molecular weight is 231 g/mol. The van der Waals surface area contributed by atoms with Crippen LogP contribution < -0.4 is 0 Å². The summed E-state index contributed by atoms with van der Waals surface area (Å²) in [6.45, 7) is 6.18. The summed E-state index contributed by atoms with van der Waals surface area (Å²) in [5.74, 6) is 0.940. The van der Waals surface area contributed by atoms with Gasteiger partial charge in [-0.05, 0) is 36.8 Å². The number of piperidine rings is 1. The van der Waals surface area contributed by atoms with E-state index in [0.29, 0.717) is 12.3 Å². The van der Waals surface area contributed by atoms with Gasteiger partial charge >= 0.3 is 0 Å². The fourth-order valence-corrected chi connectivity index (χ4v) is 2.50. The van der Waals surface area contributed by atoms with E-state index >= 15 is 0 Å². The van der Waals surface area contributed by atoms with E-state index in [-0.39, 0.29) is 5.91 Å². The van der Waals surface area contributed by atoms with E-state index in [2.05, 4.69) is 26.0 Å². The van der Waals surface area contributed by atoms with Crippen molar-refractivity contribution >= 4 is 5.91 Å². The van der Waals surface area contributed by atoms with Crippen molar-refractivity contribution < 1.29 is 4.79 Å². The Bertz CT molecular complexity index is 400. The van der Waals surface area contributed by atoms with Crippen molar-refractivity contribution in [2.75, 3.05) is 13.1 Å². The van der Waals surface area contributed by atoms with Crippen molar-refractivity contribution in [1.82, 2.24) is 4.90 Å². The minimum absolute atomic E-state index is 0.283. The van der Waals surface area contributed by atoms with Crippen molar-refractivity contribution in [1.29, 1.82) is 0 Å². The summed E-state index contributed by atoms with van der Waals surface area (Å²) in [5, 5.41) is 0. The number of rotatable bonds is 2. The van der Waals surface area contributed by atoms with Crippen LogP contribution in [0.3, 0.4) is 0 Å². The van der Waals surface area contributed by atoms with Gasteiger partial charge in [-0.25, -0.2) is 0 Å². The molecular formula is C15H21NO. The normalized spacial score (nSPS) is 20.4. The number of benzene rings is 1. The van der Waals surface area contributed by atoms with Crippen LogP contribution in [0.15, 0.2) is 24.3 Å². The Kier molecular flexibility index (Phi) is 3.82. The van der Waals surface area contributed by atoms with Crippen molar-refractivity contribution in [3.8, 4) is 0 Å². The number of amides is 1. The van der Waals surface area contributed by atoms with Gasteiger partial charge in [-0.2, -0.15) is 0 Å². The van der Waals surface area contributed by atoms with E-state index < -0.39 is 0 Å². The first kappa shape index (κ1) is 12.2. The Morgan fingerprint density at radius 3 is 2.88 bits per heavy atom. The third kappa shape index (κ3) is 3.09. The Balaban J connectivity index is 1.99. The number of hydrogen-bond acceptors (Lipinski definition) is 1. The minimum atomic E-state index is 0.283. The molecule has 0 saturated carbocycles. The van der Waals surface area contributed by atoms with E-state index in [0.717, 1.165) is 25.1 Å². The molecule has 2 rings (SSSR count). The molecule has 0 N–H and O–H groups in total. The van der Waals surface area contributed by atoms with Gasteiger partial charge < -0.3 is 4.90 Å². The van der Waals surface area contributed by atoms with Gasteiger partial charge in [0.1, 0.15) is 0 Å². The Hall–Kier alpha value is -1.31. The van der Waals surface area contributed by atoms with Crippen molar-refractivity contribution in [3.63, 3.8) is 0 Å². The smallest absolute Gasteiger partial charge is 0.227 e. The lowest BCUT2D eigenvalue weighted by Gasteiger charge is -2.31. The second-order valence-electron chi connectivity index (χ2n) is 5.19. The molecule has 0 aliphatic carbocycles. The third-order valence-electron chi connectivity index (χ3n) is 3.61. The summed E-state index contributed by atoms with van der Waals surface area (Å²) in [7, 11) is 0. The minimum Gasteiger partial charge on any atom is -0.342 e. The van der Waals surface area contributed by atoms with Gasteiger partial charge in [0, 0.05) is 13.1 Å². The van der Waals surface area contributed by atoms with Crippen LogP contribution in [0.25, 0.3) is 0 Å². The average Bonchev–Trinajstić information content (AvgIpc) is 2.32. The fourth-order valence-electron chi connectivity index (χ4n) is 2.50. The molecule has 1 aromatic carbocycles. The Morgan fingerprint density at radius 2 is 2.18 bits per heavy atom. The lowest BCUT2D eigenvalue weighted by atomic mass is 9.99. The zero-order valence-electron chi connectivity index (χ0n) is 10.8. The first-order chi connectivity index (χ1) is 8.16. The molecular weight excluding hydrogens is 210 g/mol. The fraction of sp³-hybridized carbons (Fsp3) is 0.533. The highest BCUT2D eigenvalue weighted by Crippen LogP contribution is 2.17. The second-order valence-corrected chi connectivity index (χ2v) is 5.19. The van der Waals surface area contributed by atoms with Crippen LogP contribution in [0.1, 0.15) is 30.9 Å².